The molecule has 0 aliphatic rings. The number of benzene rings is 2. The maximum Gasteiger partial charge on any atom is 0.323 e. The standard InChI is InChI=1S/C20H19N5O2S/c1-2-25-18(10-13-6-4-3-5-7-13)23-24-20(25)28-12-17(26)14-8-9-15-16(11-14)22-19(27)21-15/h3-9,11H,2,10,12H2,1H3,(H2,21,22,27). The lowest BCUT2D eigenvalue weighted by atomic mass is 10.1. The first-order chi connectivity index (χ1) is 13.6. The molecule has 0 aliphatic heterocycles. The summed E-state index contributed by atoms with van der Waals surface area (Å²) < 4.78 is 2.04. The van der Waals surface area contributed by atoms with E-state index in [2.05, 4.69) is 32.3 Å². The molecular formula is C20H19N5O2S. The molecule has 2 aromatic carbocycles. The summed E-state index contributed by atoms with van der Waals surface area (Å²) in [4.78, 5) is 29.3. The van der Waals surface area contributed by atoms with Crippen LogP contribution in [0.1, 0.15) is 28.7 Å². The van der Waals surface area contributed by atoms with E-state index in [0.29, 0.717) is 23.0 Å². The maximum absolute atomic E-state index is 12.6. The van der Waals surface area contributed by atoms with E-state index in [4.69, 9.17) is 0 Å². The molecule has 7 nitrogen and oxygen atoms in total. The molecule has 0 saturated carbocycles. The Morgan fingerprint density at radius 2 is 1.86 bits per heavy atom. The third kappa shape index (κ3) is 3.77. The van der Waals surface area contributed by atoms with Crippen molar-refractivity contribution in [2.45, 2.75) is 25.0 Å². The number of aromatic amines is 2. The number of nitrogens with one attached hydrogen (secondary N) is 2. The van der Waals surface area contributed by atoms with Gasteiger partial charge in [-0.3, -0.25) is 4.79 Å². The van der Waals surface area contributed by atoms with Crippen molar-refractivity contribution >= 4 is 28.6 Å². The lowest BCUT2D eigenvalue weighted by molar-refractivity contribution is 0.102. The van der Waals surface area contributed by atoms with E-state index >= 15 is 0 Å². The highest BCUT2D eigenvalue weighted by Crippen LogP contribution is 2.21. The molecule has 8 heteroatoms. The van der Waals surface area contributed by atoms with Gasteiger partial charge in [-0.05, 0) is 30.7 Å². The first-order valence-electron chi connectivity index (χ1n) is 8.98. The average molecular weight is 393 g/mol. The number of nitrogens with zero attached hydrogens (tertiary/aromatic N) is 3. The average Bonchev–Trinajstić information content (AvgIpc) is 3.27. The van der Waals surface area contributed by atoms with Crippen molar-refractivity contribution in [3.05, 3.63) is 76.0 Å². The van der Waals surface area contributed by atoms with Gasteiger partial charge in [-0.25, -0.2) is 4.79 Å². The van der Waals surface area contributed by atoms with Gasteiger partial charge in [-0.2, -0.15) is 0 Å². The number of Topliss-reactive ketones (excluding diaryl/α,β-unsaturated/α-hetero) is 1. The van der Waals surface area contributed by atoms with Gasteiger partial charge in [0.2, 0.25) is 0 Å². The summed E-state index contributed by atoms with van der Waals surface area (Å²) in [6, 6.07) is 15.3. The Labute approximate surface area is 165 Å². The van der Waals surface area contributed by atoms with Crippen molar-refractivity contribution in [1.29, 1.82) is 0 Å². The molecule has 0 atom stereocenters. The zero-order chi connectivity index (χ0) is 19.5. The minimum absolute atomic E-state index is 0.0239. The number of carbonyl (C=O) groups excluding carboxylic acids is 1. The van der Waals surface area contributed by atoms with Gasteiger partial charge in [0.15, 0.2) is 10.9 Å². The van der Waals surface area contributed by atoms with Crippen molar-refractivity contribution in [3.8, 4) is 0 Å². The van der Waals surface area contributed by atoms with E-state index in [1.165, 1.54) is 17.3 Å². The van der Waals surface area contributed by atoms with Crippen LogP contribution in [0.2, 0.25) is 0 Å². The first kappa shape index (κ1) is 18.2. The third-order valence-electron chi connectivity index (χ3n) is 4.49. The van der Waals surface area contributed by atoms with Crippen LogP contribution in [0.25, 0.3) is 11.0 Å². The van der Waals surface area contributed by atoms with Crippen LogP contribution in [0.4, 0.5) is 0 Å². The minimum Gasteiger partial charge on any atom is -0.306 e. The molecule has 142 valence electrons. The Bertz CT molecular complexity index is 1180. The summed E-state index contributed by atoms with van der Waals surface area (Å²) in [5, 5.41) is 9.32. The van der Waals surface area contributed by atoms with Gasteiger partial charge in [0.05, 0.1) is 16.8 Å². The van der Waals surface area contributed by atoms with E-state index < -0.39 is 0 Å². The monoisotopic (exact) mass is 393 g/mol. The van der Waals surface area contributed by atoms with Crippen molar-refractivity contribution < 1.29 is 4.79 Å². The Balaban J connectivity index is 1.47. The van der Waals surface area contributed by atoms with Gasteiger partial charge in [0.1, 0.15) is 5.82 Å². The quantitative estimate of drug-likeness (QED) is 0.372. The molecule has 2 heterocycles. The summed E-state index contributed by atoms with van der Waals surface area (Å²) in [6.45, 7) is 2.78. The van der Waals surface area contributed by atoms with Gasteiger partial charge in [-0.15, -0.1) is 10.2 Å². The van der Waals surface area contributed by atoms with Crippen LogP contribution in [-0.2, 0) is 13.0 Å². The molecule has 4 aromatic rings. The molecule has 0 amide bonds. The van der Waals surface area contributed by atoms with Crippen LogP contribution in [-0.4, -0.2) is 36.3 Å². The smallest absolute Gasteiger partial charge is 0.306 e. The highest BCUT2D eigenvalue weighted by Gasteiger charge is 2.15. The van der Waals surface area contributed by atoms with E-state index in [1.54, 1.807) is 18.2 Å². The number of ketones is 1. The Kier molecular flexibility index (Phi) is 5.12. The molecule has 28 heavy (non-hydrogen) atoms. The Morgan fingerprint density at radius 1 is 1.07 bits per heavy atom. The van der Waals surface area contributed by atoms with Crippen LogP contribution in [0, 0.1) is 0 Å². The Hall–Kier alpha value is -3.13. The minimum atomic E-state index is -0.282. The second-order valence-electron chi connectivity index (χ2n) is 6.36. The number of fused-ring (bicyclic) bond motifs is 1. The predicted octanol–water partition coefficient (Wildman–Crippen LogP) is 3.03. The maximum atomic E-state index is 12.6. The lowest BCUT2D eigenvalue weighted by Crippen LogP contribution is -2.07. The molecule has 0 unspecified atom stereocenters. The zero-order valence-corrected chi connectivity index (χ0v) is 16.1. The van der Waals surface area contributed by atoms with Gasteiger partial charge in [-0.1, -0.05) is 42.1 Å². The normalized spacial score (nSPS) is 11.2. The molecule has 2 aromatic heterocycles. The van der Waals surface area contributed by atoms with Gasteiger partial charge < -0.3 is 14.5 Å². The highest BCUT2D eigenvalue weighted by molar-refractivity contribution is 7.99. The van der Waals surface area contributed by atoms with Crippen LogP contribution in [0.5, 0.6) is 0 Å². The first-order valence-corrected chi connectivity index (χ1v) is 9.96. The molecule has 0 bridgehead atoms. The highest BCUT2D eigenvalue weighted by atomic mass is 32.2. The summed E-state index contributed by atoms with van der Waals surface area (Å²) in [5.41, 5.74) is 2.76. The van der Waals surface area contributed by atoms with Crippen LogP contribution >= 0.6 is 11.8 Å². The summed E-state index contributed by atoms with van der Waals surface area (Å²) >= 11 is 1.38. The van der Waals surface area contributed by atoms with E-state index in [-0.39, 0.29) is 17.2 Å². The Morgan fingerprint density at radius 3 is 2.64 bits per heavy atom. The van der Waals surface area contributed by atoms with E-state index in [9.17, 15) is 9.59 Å². The van der Waals surface area contributed by atoms with E-state index in [1.807, 2.05) is 29.7 Å². The van der Waals surface area contributed by atoms with Gasteiger partial charge in [0.25, 0.3) is 0 Å². The molecular weight excluding hydrogens is 374 g/mol. The number of hydrogen-bond donors (Lipinski definition) is 2. The molecule has 4 rings (SSSR count). The lowest BCUT2D eigenvalue weighted by Gasteiger charge is -2.07. The van der Waals surface area contributed by atoms with Crippen LogP contribution in [0.3, 0.4) is 0 Å². The molecule has 0 saturated heterocycles. The topological polar surface area (TPSA) is 96.4 Å². The fourth-order valence-corrected chi connectivity index (χ4v) is 3.99. The van der Waals surface area contributed by atoms with E-state index in [0.717, 1.165) is 17.5 Å². The van der Waals surface area contributed by atoms with Crippen LogP contribution in [0.15, 0.2) is 58.5 Å². The van der Waals surface area contributed by atoms with Crippen molar-refractivity contribution in [3.63, 3.8) is 0 Å². The third-order valence-corrected chi connectivity index (χ3v) is 5.45. The van der Waals surface area contributed by atoms with Crippen LogP contribution < -0.4 is 5.69 Å². The second-order valence-corrected chi connectivity index (χ2v) is 7.30. The van der Waals surface area contributed by atoms with Crippen molar-refractivity contribution in [1.82, 2.24) is 24.7 Å². The molecule has 2 N–H and O–H groups in total. The SMILES string of the molecule is CCn1c(Cc2ccccc2)nnc1SCC(=O)c1ccc2[nH]c(=O)[nH]c2c1. The van der Waals surface area contributed by atoms with Crippen molar-refractivity contribution in [2.24, 2.45) is 0 Å². The molecule has 0 spiro atoms. The molecule has 0 fully saturated rings. The number of rotatable bonds is 7. The number of aromatic nitrogens is 5. The second kappa shape index (κ2) is 7.85. The fraction of sp³-hybridized carbons (Fsp3) is 0.200. The number of hydrogen-bond acceptors (Lipinski definition) is 5. The number of thioether (sulfide) groups is 1. The van der Waals surface area contributed by atoms with Crippen molar-refractivity contribution in [2.75, 3.05) is 5.75 Å². The number of imidazole rings is 1. The fourth-order valence-electron chi connectivity index (χ4n) is 3.07. The molecule has 0 aliphatic carbocycles. The van der Waals surface area contributed by atoms with Gasteiger partial charge in [0, 0.05) is 18.5 Å². The molecule has 0 radical (unpaired) electrons. The number of H-pyrrole nitrogens is 2. The summed E-state index contributed by atoms with van der Waals surface area (Å²) in [5.74, 6) is 1.11. The summed E-state index contributed by atoms with van der Waals surface area (Å²) in [7, 11) is 0. The zero-order valence-electron chi connectivity index (χ0n) is 15.3. The van der Waals surface area contributed by atoms with Gasteiger partial charge >= 0.3 is 5.69 Å². The largest absolute Gasteiger partial charge is 0.323 e. The summed E-state index contributed by atoms with van der Waals surface area (Å²) in [6.07, 6.45) is 0.702. The number of carbonyl (C=O) groups is 1. The predicted molar refractivity (Wildman–Crippen MR) is 109 cm³/mol.